The third-order valence-corrected chi connectivity index (χ3v) is 5.77. The first kappa shape index (κ1) is 27.1. The summed E-state index contributed by atoms with van der Waals surface area (Å²) in [7, 11) is 0. The molecule has 1 saturated heterocycles. The predicted molar refractivity (Wildman–Crippen MR) is 132 cm³/mol. The molecule has 1 atom stereocenters. The number of halogens is 4. The zero-order valence-electron chi connectivity index (χ0n) is 20.6. The van der Waals surface area contributed by atoms with Crippen molar-refractivity contribution in [1.29, 1.82) is 5.26 Å². The number of carbonyl (C=O) groups is 1. The van der Waals surface area contributed by atoms with Crippen LogP contribution in [-0.4, -0.2) is 52.4 Å². The Labute approximate surface area is 221 Å². The maximum absolute atomic E-state index is 14.9. The molecule has 3 heterocycles. The predicted octanol–water partition coefficient (Wildman–Crippen LogP) is 6.03. The highest BCUT2D eigenvalue weighted by atomic mass is 35.5. The van der Waals surface area contributed by atoms with E-state index in [0.717, 1.165) is 12.1 Å². The standard InChI is InChI=1S/C25H23ClF3N5O4/c1-25(2,3)38-24(35)34-9-8-14(12-34)36-18-7-5-16-22(33-18)21(13(10-30)11-31-16)32-15-4-6-17(37-23(28)29)19(26)20(15)27/h4-7,11,14,23H,8-9,12H2,1-3H3,(H,31,32)/t14-/m0/s1. The van der Waals surface area contributed by atoms with Crippen LogP contribution in [0, 0.1) is 17.1 Å². The lowest BCUT2D eigenvalue weighted by molar-refractivity contribution is -0.0499. The fourth-order valence-electron chi connectivity index (χ4n) is 3.76. The van der Waals surface area contributed by atoms with E-state index in [9.17, 15) is 23.2 Å². The molecule has 38 heavy (non-hydrogen) atoms. The summed E-state index contributed by atoms with van der Waals surface area (Å²) in [5, 5.41) is 11.7. The van der Waals surface area contributed by atoms with Crippen molar-refractivity contribution in [3.63, 3.8) is 0 Å². The number of aromatic nitrogens is 2. The van der Waals surface area contributed by atoms with Gasteiger partial charge in [0.1, 0.15) is 34.1 Å². The number of hydrogen-bond acceptors (Lipinski definition) is 8. The molecule has 0 unspecified atom stereocenters. The molecule has 1 N–H and O–H groups in total. The number of alkyl halides is 2. The van der Waals surface area contributed by atoms with Crippen molar-refractivity contribution in [2.75, 3.05) is 18.4 Å². The second-order valence-electron chi connectivity index (χ2n) is 9.37. The smallest absolute Gasteiger partial charge is 0.410 e. The molecule has 3 aromatic rings. The van der Waals surface area contributed by atoms with Crippen LogP contribution >= 0.6 is 11.6 Å². The van der Waals surface area contributed by atoms with Gasteiger partial charge in [-0.25, -0.2) is 14.2 Å². The van der Waals surface area contributed by atoms with Gasteiger partial charge in [-0.05, 0) is 39.0 Å². The minimum absolute atomic E-state index is 0.0440. The van der Waals surface area contributed by atoms with Gasteiger partial charge in [-0.1, -0.05) is 11.6 Å². The van der Waals surface area contributed by atoms with Crippen molar-refractivity contribution in [3.8, 4) is 17.7 Å². The Morgan fingerprint density at radius 1 is 1.29 bits per heavy atom. The summed E-state index contributed by atoms with van der Waals surface area (Å²) in [5.74, 6) is -1.39. The summed E-state index contributed by atoms with van der Waals surface area (Å²) >= 11 is 5.87. The first-order valence-corrected chi connectivity index (χ1v) is 11.9. The van der Waals surface area contributed by atoms with Crippen molar-refractivity contribution < 1.29 is 32.2 Å². The molecule has 0 spiro atoms. The molecule has 1 amide bonds. The number of amides is 1. The van der Waals surface area contributed by atoms with E-state index < -0.39 is 34.9 Å². The van der Waals surface area contributed by atoms with Crippen LogP contribution in [0.3, 0.4) is 0 Å². The lowest BCUT2D eigenvalue weighted by Crippen LogP contribution is -2.36. The minimum Gasteiger partial charge on any atom is -0.472 e. The summed E-state index contributed by atoms with van der Waals surface area (Å²) in [6.07, 6.45) is 1.05. The fourth-order valence-corrected chi connectivity index (χ4v) is 3.97. The van der Waals surface area contributed by atoms with Crippen LogP contribution in [0.25, 0.3) is 11.0 Å². The van der Waals surface area contributed by atoms with Crippen LogP contribution in [0.1, 0.15) is 32.8 Å². The van der Waals surface area contributed by atoms with Gasteiger partial charge in [-0.15, -0.1) is 0 Å². The fraction of sp³-hybridized carbons (Fsp3) is 0.360. The van der Waals surface area contributed by atoms with Crippen LogP contribution in [0.2, 0.25) is 5.02 Å². The van der Waals surface area contributed by atoms with Crippen LogP contribution in [0.5, 0.6) is 11.6 Å². The Hall–Kier alpha value is -3.98. The molecular formula is C25H23ClF3N5O4. The number of ether oxygens (including phenoxy) is 3. The Bertz CT molecular complexity index is 1410. The first-order chi connectivity index (χ1) is 17.9. The SMILES string of the molecule is CC(C)(C)OC(=O)N1CC[C@H](Oc2ccc3ncc(C#N)c(Nc4ccc(OC(F)F)c(Cl)c4F)c3n2)C1. The summed E-state index contributed by atoms with van der Waals surface area (Å²) < 4.78 is 55.6. The number of pyridine rings is 2. The molecule has 2 aromatic heterocycles. The lowest BCUT2D eigenvalue weighted by Gasteiger charge is -2.24. The Kier molecular flexibility index (Phi) is 7.68. The van der Waals surface area contributed by atoms with Gasteiger partial charge < -0.3 is 24.4 Å². The van der Waals surface area contributed by atoms with Gasteiger partial charge in [0, 0.05) is 25.2 Å². The first-order valence-electron chi connectivity index (χ1n) is 11.5. The quantitative estimate of drug-likeness (QED) is 0.397. The molecule has 4 rings (SSSR count). The van der Waals surface area contributed by atoms with Gasteiger partial charge in [0.2, 0.25) is 5.88 Å². The highest BCUT2D eigenvalue weighted by Gasteiger charge is 2.31. The Morgan fingerprint density at radius 2 is 2.05 bits per heavy atom. The molecule has 0 saturated carbocycles. The number of likely N-dealkylation sites (tertiary alicyclic amines) is 1. The number of carbonyl (C=O) groups excluding carboxylic acids is 1. The number of nitriles is 1. The average molecular weight is 550 g/mol. The van der Waals surface area contributed by atoms with E-state index in [1.54, 1.807) is 37.8 Å². The molecule has 0 radical (unpaired) electrons. The summed E-state index contributed by atoms with van der Waals surface area (Å²) in [4.78, 5) is 22.6. The second kappa shape index (κ2) is 10.8. The van der Waals surface area contributed by atoms with Crippen molar-refractivity contribution in [1.82, 2.24) is 14.9 Å². The number of fused-ring (bicyclic) bond motifs is 1. The molecule has 1 aliphatic heterocycles. The second-order valence-corrected chi connectivity index (χ2v) is 9.75. The van der Waals surface area contributed by atoms with Crippen LogP contribution in [0.15, 0.2) is 30.5 Å². The summed E-state index contributed by atoms with van der Waals surface area (Å²) in [6, 6.07) is 7.40. The summed E-state index contributed by atoms with van der Waals surface area (Å²) in [6.45, 7) is 2.93. The molecule has 0 bridgehead atoms. The van der Waals surface area contributed by atoms with Gasteiger partial charge >= 0.3 is 12.7 Å². The van der Waals surface area contributed by atoms with Gasteiger partial charge in [0.05, 0.1) is 29.0 Å². The number of hydrogen-bond donors (Lipinski definition) is 1. The number of nitrogens with one attached hydrogen (secondary N) is 1. The lowest BCUT2D eigenvalue weighted by atomic mass is 10.1. The van der Waals surface area contributed by atoms with E-state index in [0.29, 0.717) is 25.0 Å². The molecule has 0 aliphatic carbocycles. The maximum atomic E-state index is 14.9. The van der Waals surface area contributed by atoms with Crippen molar-refractivity contribution >= 4 is 40.1 Å². The number of rotatable bonds is 6. The van der Waals surface area contributed by atoms with Crippen molar-refractivity contribution in [2.45, 2.75) is 45.5 Å². The Balaban J connectivity index is 1.59. The Morgan fingerprint density at radius 3 is 2.74 bits per heavy atom. The molecule has 13 heteroatoms. The third-order valence-electron chi connectivity index (χ3n) is 5.41. The van der Waals surface area contributed by atoms with E-state index in [1.807, 2.05) is 6.07 Å². The van der Waals surface area contributed by atoms with E-state index in [1.165, 1.54) is 6.20 Å². The van der Waals surface area contributed by atoms with Gasteiger partial charge in [0.15, 0.2) is 5.82 Å². The molecule has 200 valence electrons. The zero-order chi connectivity index (χ0) is 27.6. The number of benzene rings is 1. The molecule has 1 aliphatic rings. The van der Waals surface area contributed by atoms with Gasteiger partial charge in [-0.2, -0.15) is 14.0 Å². The van der Waals surface area contributed by atoms with E-state index in [-0.39, 0.29) is 34.4 Å². The van der Waals surface area contributed by atoms with E-state index in [4.69, 9.17) is 21.1 Å². The normalized spacial score (nSPS) is 15.4. The zero-order valence-corrected chi connectivity index (χ0v) is 21.4. The molecule has 9 nitrogen and oxygen atoms in total. The average Bonchev–Trinajstić information content (AvgIpc) is 3.31. The van der Waals surface area contributed by atoms with E-state index in [2.05, 4.69) is 20.0 Å². The minimum atomic E-state index is -3.18. The molecule has 1 fully saturated rings. The monoisotopic (exact) mass is 549 g/mol. The van der Waals surface area contributed by atoms with Crippen LogP contribution < -0.4 is 14.8 Å². The van der Waals surface area contributed by atoms with Crippen LogP contribution in [0.4, 0.5) is 29.3 Å². The topological polar surface area (TPSA) is 110 Å². The highest BCUT2D eigenvalue weighted by Crippen LogP contribution is 2.36. The number of anilines is 2. The third kappa shape index (κ3) is 6.11. The van der Waals surface area contributed by atoms with Crippen molar-refractivity contribution in [2.24, 2.45) is 0 Å². The highest BCUT2D eigenvalue weighted by molar-refractivity contribution is 6.32. The summed E-state index contributed by atoms with van der Waals surface area (Å²) in [5.41, 5.74) is -0.0794. The largest absolute Gasteiger partial charge is 0.472 e. The van der Waals surface area contributed by atoms with Crippen molar-refractivity contribution in [3.05, 3.63) is 46.9 Å². The molecular weight excluding hydrogens is 527 g/mol. The number of nitrogens with zero attached hydrogens (tertiary/aromatic N) is 4. The van der Waals surface area contributed by atoms with E-state index >= 15 is 0 Å². The van der Waals surface area contributed by atoms with Crippen LogP contribution in [-0.2, 0) is 4.74 Å². The molecule has 1 aromatic carbocycles. The van der Waals surface area contributed by atoms with Gasteiger partial charge in [-0.3, -0.25) is 4.98 Å². The van der Waals surface area contributed by atoms with Gasteiger partial charge in [0.25, 0.3) is 0 Å². The maximum Gasteiger partial charge on any atom is 0.410 e.